The summed E-state index contributed by atoms with van der Waals surface area (Å²) in [6.07, 6.45) is 2.54. The smallest absolute Gasteiger partial charge is 0.355 e. The maximum absolute atomic E-state index is 11.6. The largest absolute Gasteiger partial charge is 0.476 e. The Balaban J connectivity index is 1.54. The van der Waals surface area contributed by atoms with E-state index < -0.39 is 16.0 Å². The summed E-state index contributed by atoms with van der Waals surface area (Å²) in [7, 11) is -3.76. The van der Waals surface area contributed by atoms with Gasteiger partial charge in [0, 0.05) is 36.6 Å². The molecule has 0 spiro atoms. The molecule has 0 unspecified atom stereocenters. The van der Waals surface area contributed by atoms with Gasteiger partial charge in [0.15, 0.2) is 10.8 Å². The number of carbonyl (C=O) groups is 1. The second-order valence-electron chi connectivity index (χ2n) is 8.45. The summed E-state index contributed by atoms with van der Waals surface area (Å²) in [5, 5.41) is 17.7. The summed E-state index contributed by atoms with van der Waals surface area (Å²) in [5.74, 6) is -1.06. The van der Waals surface area contributed by atoms with Crippen LogP contribution in [-0.2, 0) is 27.7 Å². The second-order valence-corrected chi connectivity index (χ2v) is 10.8. The number of nitrogens with zero attached hydrogens (tertiary/aromatic N) is 3. The highest BCUT2D eigenvalue weighted by molar-refractivity contribution is 7.89. The highest BCUT2D eigenvalue weighted by atomic mass is 32.2. The van der Waals surface area contributed by atoms with Crippen LogP contribution in [0.15, 0.2) is 58.9 Å². The van der Waals surface area contributed by atoms with Gasteiger partial charge in [-0.3, -0.25) is 9.47 Å². The summed E-state index contributed by atoms with van der Waals surface area (Å²) >= 11 is 1.27. The van der Waals surface area contributed by atoms with Gasteiger partial charge in [-0.25, -0.2) is 23.3 Å². The van der Waals surface area contributed by atoms with Crippen molar-refractivity contribution in [1.29, 1.82) is 0 Å². The van der Waals surface area contributed by atoms with E-state index in [1.807, 2.05) is 16.8 Å². The molecule has 182 valence electrons. The van der Waals surface area contributed by atoms with Crippen molar-refractivity contribution < 1.29 is 23.1 Å². The van der Waals surface area contributed by atoms with Gasteiger partial charge in [-0.1, -0.05) is 18.2 Å². The van der Waals surface area contributed by atoms with E-state index in [4.69, 9.17) is 9.88 Å². The number of morpholine rings is 1. The van der Waals surface area contributed by atoms with Gasteiger partial charge in [-0.15, -0.1) is 11.3 Å². The van der Waals surface area contributed by atoms with Crippen LogP contribution >= 0.6 is 11.3 Å². The van der Waals surface area contributed by atoms with Crippen molar-refractivity contribution >= 4 is 38.2 Å². The first-order valence-electron chi connectivity index (χ1n) is 11.0. The number of aromatic carboxylic acids is 1. The number of carboxylic acid groups (broad SMARTS) is 1. The number of ether oxygens (including phenoxy) is 1. The quantitative estimate of drug-likeness (QED) is 0.390. The van der Waals surface area contributed by atoms with Crippen LogP contribution in [0, 0.1) is 0 Å². The Morgan fingerprint density at radius 2 is 1.83 bits per heavy atom. The number of thiazole rings is 1. The molecule has 2 aromatic carbocycles. The van der Waals surface area contributed by atoms with Crippen LogP contribution in [0.25, 0.3) is 16.0 Å². The van der Waals surface area contributed by atoms with Crippen LogP contribution in [-0.4, -0.2) is 60.2 Å². The lowest BCUT2D eigenvalue weighted by molar-refractivity contribution is 0.0342. The highest BCUT2D eigenvalue weighted by Crippen LogP contribution is 2.30. The van der Waals surface area contributed by atoms with Crippen LogP contribution in [0.5, 0.6) is 0 Å². The maximum Gasteiger partial charge on any atom is 0.355 e. The Hall–Kier alpha value is -3.09. The second kappa shape index (κ2) is 9.51. The van der Waals surface area contributed by atoms with Crippen LogP contribution in [0.2, 0.25) is 0 Å². The first-order valence-corrected chi connectivity index (χ1v) is 13.4. The molecular weight excluding hydrogens is 488 g/mol. The molecule has 3 N–H and O–H groups in total. The molecular formula is C24H24N4O5S2. The number of benzene rings is 2. The van der Waals surface area contributed by atoms with E-state index in [9.17, 15) is 18.3 Å². The zero-order chi connectivity index (χ0) is 24.6. The van der Waals surface area contributed by atoms with Gasteiger partial charge in [0.25, 0.3) is 0 Å². The number of hydrogen-bond donors (Lipinski definition) is 2. The number of primary sulfonamides is 1. The molecule has 0 bridgehead atoms. The maximum atomic E-state index is 11.6. The summed E-state index contributed by atoms with van der Waals surface area (Å²) < 4.78 is 30.6. The van der Waals surface area contributed by atoms with E-state index >= 15 is 0 Å². The molecule has 1 aliphatic heterocycles. The number of sulfonamides is 1. The highest BCUT2D eigenvalue weighted by Gasteiger charge is 2.17. The minimum atomic E-state index is -3.76. The molecule has 1 aliphatic rings. The molecule has 0 radical (unpaired) electrons. The zero-order valence-corrected chi connectivity index (χ0v) is 20.4. The van der Waals surface area contributed by atoms with E-state index in [0.29, 0.717) is 11.6 Å². The average Bonchev–Trinajstić information content (AvgIpc) is 3.45. The van der Waals surface area contributed by atoms with E-state index in [0.717, 1.165) is 54.9 Å². The molecule has 5 rings (SSSR count). The number of hydrogen-bond acceptors (Lipinski definition) is 7. The normalized spacial score (nSPS) is 15.0. The van der Waals surface area contributed by atoms with Crippen molar-refractivity contribution in [3.05, 3.63) is 76.4 Å². The first-order chi connectivity index (χ1) is 16.8. The Kier molecular flexibility index (Phi) is 6.43. The molecule has 9 nitrogen and oxygen atoms in total. The lowest BCUT2D eigenvalue weighted by atomic mass is 10.0. The van der Waals surface area contributed by atoms with Crippen LogP contribution in [0.4, 0.5) is 0 Å². The predicted molar refractivity (Wildman–Crippen MR) is 133 cm³/mol. The third-order valence-corrected chi connectivity index (χ3v) is 7.79. The lowest BCUT2D eigenvalue weighted by Crippen LogP contribution is -2.35. The fourth-order valence-corrected chi connectivity index (χ4v) is 5.55. The Morgan fingerprint density at radius 1 is 1.11 bits per heavy atom. The van der Waals surface area contributed by atoms with Crippen LogP contribution < -0.4 is 5.14 Å². The van der Waals surface area contributed by atoms with E-state index in [2.05, 4.69) is 22.0 Å². The summed E-state index contributed by atoms with van der Waals surface area (Å²) in [4.78, 5) is 18.1. The number of aromatic nitrogens is 2. The zero-order valence-electron chi connectivity index (χ0n) is 18.8. The molecule has 0 aliphatic carbocycles. The molecule has 0 atom stereocenters. The fourth-order valence-electron chi connectivity index (χ4n) is 4.25. The van der Waals surface area contributed by atoms with Gasteiger partial charge in [0.1, 0.15) is 0 Å². The molecule has 3 heterocycles. The van der Waals surface area contributed by atoms with Crippen molar-refractivity contribution in [1.82, 2.24) is 14.5 Å². The summed E-state index contributed by atoms with van der Waals surface area (Å²) in [5.41, 5.74) is 4.07. The van der Waals surface area contributed by atoms with Gasteiger partial charge in [0.05, 0.1) is 23.6 Å². The standard InChI is InChI=1S/C24H24N4O5S2/c25-35(31,32)19-4-1-16(2-5-19)11-18-14-28(24-26-21(15-34-24)23(29)30)22-6-3-17(12-20(18)22)13-27-7-9-33-10-8-27/h1-6,12,14-15H,7-11,13H2,(H,29,30)(H2,25,31,32). The van der Waals surface area contributed by atoms with E-state index in [-0.39, 0.29) is 10.6 Å². The SMILES string of the molecule is NS(=O)(=O)c1ccc(Cc2cn(-c3nc(C(=O)O)cs3)c3ccc(CN4CCOCC4)cc23)cc1. The molecule has 4 aromatic rings. The monoisotopic (exact) mass is 512 g/mol. The molecule has 2 aromatic heterocycles. The minimum Gasteiger partial charge on any atom is -0.476 e. The number of rotatable bonds is 7. The van der Waals surface area contributed by atoms with Gasteiger partial charge in [-0.05, 0) is 47.4 Å². The van der Waals surface area contributed by atoms with Crippen molar-refractivity contribution in [2.45, 2.75) is 17.9 Å². The van der Waals surface area contributed by atoms with Crippen molar-refractivity contribution in [3.8, 4) is 5.13 Å². The van der Waals surface area contributed by atoms with Crippen LogP contribution in [0.1, 0.15) is 27.2 Å². The Labute approximate surface area is 206 Å². The van der Waals surface area contributed by atoms with Crippen LogP contribution in [0.3, 0.4) is 0 Å². The van der Waals surface area contributed by atoms with Crippen molar-refractivity contribution in [2.75, 3.05) is 26.3 Å². The van der Waals surface area contributed by atoms with Gasteiger partial charge < -0.3 is 9.84 Å². The molecule has 1 saturated heterocycles. The summed E-state index contributed by atoms with van der Waals surface area (Å²) in [6.45, 7) is 4.05. The molecule has 11 heteroatoms. The van der Waals surface area contributed by atoms with Crippen molar-refractivity contribution in [2.24, 2.45) is 5.14 Å². The molecule has 0 saturated carbocycles. The van der Waals surface area contributed by atoms with E-state index in [1.165, 1.54) is 34.4 Å². The number of carboxylic acids is 1. The van der Waals surface area contributed by atoms with Crippen molar-refractivity contribution in [3.63, 3.8) is 0 Å². The average molecular weight is 513 g/mol. The van der Waals surface area contributed by atoms with Gasteiger partial charge in [0.2, 0.25) is 10.0 Å². The molecule has 1 fully saturated rings. The third-order valence-electron chi connectivity index (χ3n) is 6.02. The third kappa shape index (κ3) is 5.14. The Bertz CT molecular complexity index is 1490. The van der Waals surface area contributed by atoms with Gasteiger partial charge >= 0.3 is 5.97 Å². The number of nitrogens with two attached hydrogens (primary N) is 1. The Morgan fingerprint density at radius 3 is 2.49 bits per heavy atom. The number of fused-ring (bicyclic) bond motifs is 1. The fraction of sp³-hybridized carbons (Fsp3) is 0.250. The van der Waals surface area contributed by atoms with Gasteiger partial charge in [-0.2, -0.15) is 0 Å². The van der Waals surface area contributed by atoms with E-state index in [1.54, 1.807) is 12.1 Å². The predicted octanol–water partition coefficient (Wildman–Crippen LogP) is 2.86. The molecule has 0 amide bonds. The molecule has 35 heavy (non-hydrogen) atoms. The first kappa shape index (κ1) is 23.6. The topological polar surface area (TPSA) is 128 Å². The lowest BCUT2D eigenvalue weighted by Gasteiger charge is -2.26. The summed E-state index contributed by atoms with van der Waals surface area (Å²) in [6, 6.07) is 12.8. The minimum absolute atomic E-state index is 0.0101.